The van der Waals surface area contributed by atoms with Gasteiger partial charge in [0.15, 0.2) is 5.43 Å². The largest absolute Gasteiger partial charge is 0.428 e. The molecule has 1 aromatic rings. The molecule has 23 heavy (non-hydrogen) atoms. The van der Waals surface area contributed by atoms with Gasteiger partial charge >= 0.3 is 0 Å². The Kier molecular flexibility index (Phi) is 7.11. The normalized spacial score (nSPS) is 12.3. The van der Waals surface area contributed by atoms with Gasteiger partial charge in [0.05, 0.1) is 11.4 Å². The van der Waals surface area contributed by atoms with Gasteiger partial charge in [-0.3, -0.25) is 4.79 Å². The molecular weight excluding hydrogens is 286 g/mol. The zero-order valence-electron chi connectivity index (χ0n) is 15.7. The molecule has 1 rings (SSSR count). The van der Waals surface area contributed by atoms with E-state index in [0.29, 0.717) is 16.8 Å². The summed E-state index contributed by atoms with van der Waals surface area (Å²) in [6.07, 6.45) is 11.0. The van der Waals surface area contributed by atoms with Crippen molar-refractivity contribution in [3.05, 3.63) is 44.9 Å². The zero-order chi connectivity index (χ0) is 17.6. The van der Waals surface area contributed by atoms with Crippen molar-refractivity contribution in [2.24, 2.45) is 5.41 Å². The average Bonchev–Trinajstić information content (AvgIpc) is 2.47. The Morgan fingerprint density at radius 2 is 1.61 bits per heavy atom. The first-order valence-electron chi connectivity index (χ1n) is 8.74. The number of aromatic nitrogens is 1. The Morgan fingerprint density at radius 1 is 1.00 bits per heavy atom. The first kappa shape index (κ1) is 19.5. The lowest BCUT2D eigenvalue weighted by Gasteiger charge is -2.15. The zero-order valence-corrected chi connectivity index (χ0v) is 15.7. The van der Waals surface area contributed by atoms with Gasteiger partial charge in [-0.2, -0.15) is 4.73 Å². The third-order valence-electron chi connectivity index (χ3n) is 4.38. The molecule has 0 spiro atoms. The van der Waals surface area contributed by atoms with Gasteiger partial charge in [-0.05, 0) is 51.9 Å². The van der Waals surface area contributed by atoms with Crippen LogP contribution in [0.2, 0.25) is 0 Å². The van der Waals surface area contributed by atoms with Gasteiger partial charge in [-0.1, -0.05) is 45.8 Å². The van der Waals surface area contributed by atoms with Crippen LogP contribution in [0.15, 0.2) is 16.9 Å². The Hall–Kier alpha value is -1.51. The SMILES string of the molecule is Cc1c(C)n(O)c(CCCCCC/C=C/C(C)(C)C)c(C)c1=O. The number of pyridine rings is 1. The molecule has 1 aromatic heterocycles. The van der Waals surface area contributed by atoms with E-state index in [4.69, 9.17) is 0 Å². The molecule has 3 heteroatoms. The molecule has 0 amide bonds. The van der Waals surface area contributed by atoms with Crippen LogP contribution in [0.25, 0.3) is 0 Å². The molecule has 0 aliphatic heterocycles. The van der Waals surface area contributed by atoms with Crippen LogP contribution < -0.4 is 5.43 Å². The standard InChI is InChI=1S/C20H33NO2/c1-15-17(3)21(23)18(16(2)19(15)22)13-11-9-7-8-10-12-14-20(4,5)6/h12,14,23H,7-11,13H2,1-6H3/b14-12+. The van der Waals surface area contributed by atoms with Crippen LogP contribution >= 0.6 is 0 Å². The summed E-state index contributed by atoms with van der Waals surface area (Å²) >= 11 is 0. The molecule has 0 unspecified atom stereocenters. The van der Waals surface area contributed by atoms with E-state index in [2.05, 4.69) is 32.9 Å². The predicted octanol–water partition coefficient (Wildman–Crippen LogP) is 5.11. The van der Waals surface area contributed by atoms with E-state index in [1.807, 2.05) is 6.92 Å². The Labute approximate surface area is 141 Å². The minimum absolute atomic E-state index is 0.0649. The van der Waals surface area contributed by atoms with E-state index in [-0.39, 0.29) is 10.8 Å². The van der Waals surface area contributed by atoms with Crippen LogP contribution in [0, 0.1) is 26.2 Å². The first-order valence-corrected chi connectivity index (χ1v) is 8.74. The molecule has 0 radical (unpaired) electrons. The molecule has 0 aliphatic rings. The number of nitrogens with zero attached hydrogens (tertiary/aromatic N) is 1. The summed E-state index contributed by atoms with van der Waals surface area (Å²) < 4.78 is 1.21. The van der Waals surface area contributed by atoms with Gasteiger partial charge in [-0.15, -0.1) is 0 Å². The van der Waals surface area contributed by atoms with Crippen molar-refractivity contribution in [1.29, 1.82) is 0 Å². The summed E-state index contributed by atoms with van der Waals surface area (Å²) in [5.74, 6) is 0. The van der Waals surface area contributed by atoms with Gasteiger partial charge in [0.2, 0.25) is 0 Å². The van der Waals surface area contributed by atoms with E-state index >= 15 is 0 Å². The fourth-order valence-corrected chi connectivity index (χ4v) is 2.74. The summed E-state index contributed by atoms with van der Waals surface area (Å²) in [6, 6.07) is 0. The molecular formula is C20H33NO2. The van der Waals surface area contributed by atoms with E-state index in [1.165, 1.54) is 17.6 Å². The molecule has 1 heterocycles. The first-order chi connectivity index (χ1) is 10.6. The smallest absolute Gasteiger partial charge is 0.188 e. The number of allylic oxidation sites excluding steroid dienone is 2. The molecule has 0 atom stereocenters. The fourth-order valence-electron chi connectivity index (χ4n) is 2.74. The van der Waals surface area contributed by atoms with Gasteiger partial charge in [0, 0.05) is 11.1 Å². The minimum Gasteiger partial charge on any atom is -0.428 e. The van der Waals surface area contributed by atoms with Gasteiger partial charge in [0.25, 0.3) is 0 Å². The van der Waals surface area contributed by atoms with Crippen LogP contribution in [-0.4, -0.2) is 9.94 Å². The Morgan fingerprint density at radius 3 is 2.22 bits per heavy atom. The Bertz CT molecular complexity index is 604. The maximum absolute atomic E-state index is 12.1. The van der Waals surface area contributed by atoms with Crippen molar-refractivity contribution in [3.63, 3.8) is 0 Å². The number of hydrogen-bond donors (Lipinski definition) is 1. The summed E-state index contributed by atoms with van der Waals surface area (Å²) in [5, 5.41) is 10.2. The van der Waals surface area contributed by atoms with Gasteiger partial charge in [0.1, 0.15) is 0 Å². The monoisotopic (exact) mass is 319 g/mol. The topological polar surface area (TPSA) is 42.2 Å². The number of unbranched alkanes of at least 4 members (excludes halogenated alkanes) is 4. The third-order valence-corrected chi connectivity index (χ3v) is 4.38. The van der Waals surface area contributed by atoms with E-state index in [0.717, 1.165) is 31.4 Å². The second-order valence-electron chi connectivity index (χ2n) is 7.64. The molecule has 0 saturated carbocycles. The highest BCUT2D eigenvalue weighted by Gasteiger charge is 2.13. The van der Waals surface area contributed by atoms with Gasteiger partial charge < -0.3 is 5.21 Å². The fraction of sp³-hybridized carbons (Fsp3) is 0.650. The van der Waals surface area contributed by atoms with Crippen LogP contribution in [-0.2, 0) is 6.42 Å². The van der Waals surface area contributed by atoms with Crippen molar-refractivity contribution >= 4 is 0 Å². The summed E-state index contributed by atoms with van der Waals surface area (Å²) in [5.41, 5.74) is 3.08. The highest BCUT2D eigenvalue weighted by Crippen LogP contribution is 2.16. The van der Waals surface area contributed by atoms with E-state index < -0.39 is 0 Å². The molecule has 0 bridgehead atoms. The van der Waals surface area contributed by atoms with Crippen molar-refractivity contribution in [3.8, 4) is 0 Å². The average molecular weight is 319 g/mol. The van der Waals surface area contributed by atoms with Crippen molar-refractivity contribution in [1.82, 2.24) is 4.73 Å². The summed E-state index contributed by atoms with van der Waals surface area (Å²) in [7, 11) is 0. The van der Waals surface area contributed by atoms with Crippen molar-refractivity contribution in [2.75, 3.05) is 0 Å². The number of rotatable bonds is 7. The lowest BCUT2D eigenvalue weighted by Crippen LogP contribution is -2.21. The van der Waals surface area contributed by atoms with Gasteiger partial charge in [-0.25, -0.2) is 0 Å². The van der Waals surface area contributed by atoms with E-state index in [1.54, 1.807) is 13.8 Å². The third kappa shape index (κ3) is 5.89. The molecule has 0 aromatic carbocycles. The molecule has 130 valence electrons. The van der Waals surface area contributed by atoms with Crippen LogP contribution in [0.1, 0.15) is 75.4 Å². The predicted molar refractivity (Wildman–Crippen MR) is 97.5 cm³/mol. The van der Waals surface area contributed by atoms with Crippen LogP contribution in [0.3, 0.4) is 0 Å². The lowest BCUT2D eigenvalue weighted by atomic mass is 9.95. The molecule has 0 aliphatic carbocycles. The summed E-state index contributed by atoms with van der Waals surface area (Å²) in [4.78, 5) is 12.1. The van der Waals surface area contributed by atoms with Crippen molar-refractivity contribution < 1.29 is 5.21 Å². The van der Waals surface area contributed by atoms with Crippen LogP contribution in [0.4, 0.5) is 0 Å². The van der Waals surface area contributed by atoms with Crippen molar-refractivity contribution in [2.45, 2.75) is 80.1 Å². The second kappa shape index (κ2) is 8.37. The molecule has 3 nitrogen and oxygen atoms in total. The summed E-state index contributed by atoms with van der Waals surface area (Å²) in [6.45, 7) is 12.0. The van der Waals surface area contributed by atoms with Crippen LogP contribution in [0.5, 0.6) is 0 Å². The lowest BCUT2D eigenvalue weighted by molar-refractivity contribution is 0.165. The quantitative estimate of drug-likeness (QED) is 0.431. The van der Waals surface area contributed by atoms with E-state index in [9.17, 15) is 10.0 Å². The maximum Gasteiger partial charge on any atom is 0.188 e. The highest BCUT2D eigenvalue weighted by atomic mass is 16.5. The molecule has 1 N–H and O–H groups in total. The minimum atomic E-state index is 0.0649. The molecule has 0 saturated heterocycles. The maximum atomic E-state index is 12.1. The highest BCUT2D eigenvalue weighted by molar-refractivity contribution is 5.29. The second-order valence-corrected chi connectivity index (χ2v) is 7.64. The Balaban J connectivity index is 2.43. The number of hydrogen-bond acceptors (Lipinski definition) is 2. The molecule has 0 fully saturated rings.